The van der Waals surface area contributed by atoms with Gasteiger partial charge in [-0.3, -0.25) is 0 Å². The van der Waals surface area contributed by atoms with Gasteiger partial charge in [0, 0.05) is 5.92 Å². The average molecular weight is 251 g/mol. The van der Waals surface area contributed by atoms with Crippen LogP contribution < -0.4 is 5.73 Å². The third-order valence-corrected chi connectivity index (χ3v) is 4.38. The molecule has 1 aliphatic carbocycles. The number of nitrogens with two attached hydrogens (primary N) is 1. The number of hydrogen-bond acceptors (Lipinski definition) is 4. The van der Waals surface area contributed by atoms with E-state index in [-0.39, 0.29) is 6.04 Å². The molecule has 0 radical (unpaired) electrons. The molecule has 1 aromatic heterocycles. The first-order chi connectivity index (χ1) is 8.61. The Morgan fingerprint density at radius 2 is 2.00 bits per heavy atom. The molecule has 4 heteroatoms. The highest BCUT2D eigenvalue weighted by Crippen LogP contribution is 2.34. The van der Waals surface area contributed by atoms with Crippen LogP contribution in [0.15, 0.2) is 4.52 Å². The highest BCUT2D eigenvalue weighted by Gasteiger charge is 2.26. The van der Waals surface area contributed by atoms with E-state index >= 15 is 0 Å². The molecule has 4 nitrogen and oxygen atoms in total. The van der Waals surface area contributed by atoms with Crippen molar-refractivity contribution >= 4 is 0 Å². The van der Waals surface area contributed by atoms with Gasteiger partial charge in [-0.25, -0.2) is 0 Å². The second-order valence-corrected chi connectivity index (χ2v) is 5.86. The van der Waals surface area contributed by atoms with Crippen LogP contribution in [0, 0.1) is 11.8 Å². The standard InChI is InChI=1S/C14H25N3O/c1-4-10(3)12(15)14-16-13(17-18-14)11-7-5-9(2)6-8-11/h9-12H,4-8,15H2,1-3H3/t9?,10?,11?,12-/m0/s1. The Balaban J connectivity index is 2.01. The van der Waals surface area contributed by atoms with Crippen molar-refractivity contribution < 1.29 is 4.52 Å². The summed E-state index contributed by atoms with van der Waals surface area (Å²) in [5, 5.41) is 4.14. The largest absolute Gasteiger partial charge is 0.338 e. The van der Waals surface area contributed by atoms with E-state index in [4.69, 9.17) is 10.3 Å². The molecule has 1 aromatic rings. The van der Waals surface area contributed by atoms with E-state index in [0.717, 1.165) is 18.2 Å². The van der Waals surface area contributed by atoms with Crippen LogP contribution >= 0.6 is 0 Å². The van der Waals surface area contributed by atoms with Gasteiger partial charge in [0.15, 0.2) is 5.82 Å². The van der Waals surface area contributed by atoms with Gasteiger partial charge >= 0.3 is 0 Å². The summed E-state index contributed by atoms with van der Waals surface area (Å²) >= 11 is 0. The lowest BCUT2D eigenvalue weighted by Crippen LogP contribution is -2.19. The number of aromatic nitrogens is 2. The molecule has 102 valence electrons. The number of rotatable bonds is 4. The predicted molar refractivity (Wildman–Crippen MR) is 71.1 cm³/mol. The van der Waals surface area contributed by atoms with Crippen molar-refractivity contribution in [1.82, 2.24) is 10.1 Å². The van der Waals surface area contributed by atoms with E-state index in [9.17, 15) is 0 Å². The maximum Gasteiger partial charge on any atom is 0.243 e. The van der Waals surface area contributed by atoms with Crippen molar-refractivity contribution in [3.63, 3.8) is 0 Å². The minimum absolute atomic E-state index is 0.126. The van der Waals surface area contributed by atoms with Gasteiger partial charge in [0.05, 0.1) is 6.04 Å². The summed E-state index contributed by atoms with van der Waals surface area (Å²) in [6.45, 7) is 6.57. The first-order valence-electron chi connectivity index (χ1n) is 7.20. The molecule has 0 saturated heterocycles. The lowest BCUT2D eigenvalue weighted by molar-refractivity contribution is 0.301. The lowest BCUT2D eigenvalue weighted by atomic mass is 9.83. The summed E-state index contributed by atoms with van der Waals surface area (Å²) in [7, 11) is 0. The molecular weight excluding hydrogens is 226 g/mol. The fraction of sp³-hybridized carbons (Fsp3) is 0.857. The fourth-order valence-corrected chi connectivity index (χ4v) is 2.56. The van der Waals surface area contributed by atoms with Gasteiger partial charge in [0.1, 0.15) is 0 Å². The molecule has 2 rings (SSSR count). The van der Waals surface area contributed by atoms with Crippen molar-refractivity contribution in [3.05, 3.63) is 11.7 Å². The fourth-order valence-electron chi connectivity index (χ4n) is 2.56. The molecule has 2 N–H and O–H groups in total. The zero-order chi connectivity index (χ0) is 13.1. The van der Waals surface area contributed by atoms with Gasteiger partial charge in [0.2, 0.25) is 5.89 Å². The Morgan fingerprint density at radius 1 is 1.33 bits per heavy atom. The Bertz CT molecular complexity index is 369. The zero-order valence-corrected chi connectivity index (χ0v) is 11.7. The molecule has 0 spiro atoms. The summed E-state index contributed by atoms with van der Waals surface area (Å²) < 4.78 is 5.34. The molecule has 1 fully saturated rings. The minimum Gasteiger partial charge on any atom is -0.338 e. The number of nitrogens with zero attached hydrogens (tertiary/aromatic N) is 2. The Kier molecular flexibility index (Phi) is 4.38. The highest BCUT2D eigenvalue weighted by atomic mass is 16.5. The van der Waals surface area contributed by atoms with E-state index in [0.29, 0.717) is 17.7 Å². The first kappa shape index (κ1) is 13.5. The summed E-state index contributed by atoms with van der Waals surface area (Å²) in [6, 6.07) is -0.126. The predicted octanol–water partition coefficient (Wildman–Crippen LogP) is 3.41. The van der Waals surface area contributed by atoms with Crippen LogP contribution in [0.2, 0.25) is 0 Å². The Hall–Kier alpha value is -0.900. The van der Waals surface area contributed by atoms with Gasteiger partial charge in [-0.15, -0.1) is 0 Å². The molecule has 1 saturated carbocycles. The third-order valence-electron chi connectivity index (χ3n) is 4.38. The molecule has 0 aliphatic heterocycles. The second kappa shape index (κ2) is 5.83. The van der Waals surface area contributed by atoms with Crippen LogP contribution in [0.4, 0.5) is 0 Å². The monoisotopic (exact) mass is 251 g/mol. The maximum absolute atomic E-state index is 6.12. The SMILES string of the molecule is CCC(C)[C@H](N)c1nc(C2CCC(C)CC2)no1. The van der Waals surface area contributed by atoms with Crippen molar-refractivity contribution in [2.24, 2.45) is 17.6 Å². The maximum atomic E-state index is 6.12. The summed E-state index contributed by atoms with van der Waals surface area (Å²) in [6.07, 6.45) is 5.93. The van der Waals surface area contributed by atoms with Gasteiger partial charge in [0.25, 0.3) is 0 Å². The molecule has 2 atom stereocenters. The molecule has 0 amide bonds. The van der Waals surface area contributed by atoms with Crippen LogP contribution in [0.1, 0.15) is 76.6 Å². The van der Waals surface area contributed by atoms with Gasteiger partial charge in [-0.2, -0.15) is 4.98 Å². The van der Waals surface area contributed by atoms with E-state index in [1.54, 1.807) is 0 Å². The van der Waals surface area contributed by atoms with E-state index in [2.05, 4.69) is 30.9 Å². The second-order valence-electron chi connectivity index (χ2n) is 5.86. The van der Waals surface area contributed by atoms with Crippen molar-refractivity contribution in [1.29, 1.82) is 0 Å². The van der Waals surface area contributed by atoms with Gasteiger partial charge < -0.3 is 10.3 Å². The van der Waals surface area contributed by atoms with E-state index in [1.807, 2.05) is 0 Å². The van der Waals surface area contributed by atoms with Crippen molar-refractivity contribution in [3.8, 4) is 0 Å². The highest BCUT2D eigenvalue weighted by molar-refractivity contribution is 5.00. The molecular formula is C14H25N3O. The lowest BCUT2D eigenvalue weighted by Gasteiger charge is -2.23. The molecule has 0 bridgehead atoms. The van der Waals surface area contributed by atoms with Crippen molar-refractivity contribution in [2.75, 3.05) is 0 Å². The van der Waals surface area contributed by atoms with Crippen LogP contribution in [0.3, 0.4) is 0 Å². The smallest absolute Gasteiger partial charge is 0.243 e. The van der Waals surface area contributed by atoms with Crippen molar-refractivity contribution in [2.45, 2.75) is 64.8 Å². The average Bonchev–Trinajstić information content (AvgIpc) is 2.87. The zero-order valence-electron chi connectivity index (χ0n) is 11.7. The summed E-state index contributed by atoms with van der Waals surface area (Å²) in [5.74, 6) is 3.18. The van der Waals surface area contributed by atoms with Gasteiger partial charge in [-0.1, -0.05) is 45.2 Å². The van der Waals surface area contributed by atoms with E-state index < -0.39 is 0 Å². The van der Waals surface area contributed by atoms with Crippen LogP contribution in [-0.2, 0) is 0 Å². The normalized spacial score (nSPS) is 28.0. The Morgan fingerprint density at radius 3 is 2.61 bits per heavy atom. The third kappa shape index (κ3) is 2.91. The van der Waals surface area contributed by atoms with Crippen LogP contribution in [-0.4, -0.2) is 10.1 Å². The minimum atomic E-state index is -0.126. The summed E-state index contributed by atoms with van der Waals surface area (Å²) in [5.41, 5.74) is 6.12. The molecule has 18 heavy (non-hydrogen) atoms. The molecule has 1 unspecified atom stereocenters. The van der Waals surface area contributed by atoms with Crippen LogP contribution in [0.5, 0.6) is 0 Å². The first-order valence-corrected chi connectivity index (χ1v) is 7.20. The van der Waals surface area contributed by atoms with E-state index in [1.165, 1.54) is 25.7 Å². The molecule has 1 heterocycles. The van der Waals surface area contributed by atoms with Gasteiger partial charge in [-0.05, 0) is 24.7 Å². The quantitative estimate of drug-likeness (QED) is 0.890. The molecule has 0 aromatic carbocycles. The Labute approximate surface area is 109 Å². The topological polar surface area (TPSA) is 64.9 Å². The summed E-state index contributed by atoms with van der Waals surface area (Å²) in [4.78, 5) is 4.53. The molecule has 1 aliphatic rings. The number of hydrogen-bond donors (Lipinski definition) is 1. The van der Waals surface area contributed by atoms with Crippen LogP contribution in [0.25, 0.3) is 0 Å².